The van der Waals surface area contributed by atoms with E-state index in [1.165, 1.54) is 6.42 Å². The Morgan fingerprint density at radius 3 is 3.00 bits per heavy atom. The van der Waals surface area contributed by atoms with Crippen molar-refractivity contribution in [2.75, 3.05) is 13.1 Å². The molecular formula is C12H15BrFN. The van der Waals surface area contributed by atoms with Gasteiger partial charge in [0.2, 0.25) is 0 Å². The molecule has 1 aliphatic heterocycles. The summed E-state index contributed by atoms with van der Waals surface area (Å²) < 4.78 is 13.8. The highest BCUT2D eigenvalue weighted by Gasteiger charge is 2.14. The monoisotopic (exact) mass is 271 g/mol. The largest absolute Gasteiger partial charge is 0.316 e. The lowest BCUT2D eigenvalue weighted by Crippen LogP contribution is -2.09. The molecule has 3 heteroatoms. The molecule has 0 saturated carbocycles. The Hall–Kier alpha value is -0.410. The second kappa shape index (κ2) is 5.08. The quantitative estimate of drug-likeness (QED) is 0.891. The van der Waals surface area contributed by atoms with Crippen LogP contribution in [0.2, 0.25) is 0 Å². The van der Waals surface area contributed by atoms with E-state index in [4.69, 9.17) is 0 Å². The van der Waals surface area contributed by atoms with Crippen molar-refractivity contribution in [1.82, 2.24) is 5.32 Å². The lowest BCUT2D eigenvalue weighted by atomic mass is 9.99. The maximum Gasteiger partial charge on any atom is 0.137 e. The third-order valence-corrected chi connectivity index (χ3v) is 3.63. The van der Waals surface area contributed by atoms with E-state index < -0.39 is 0 Å². The zero-order chi connectivity index (χ0) is 10.7. The van der Waals surface area contributed by atoms with Gasteiger partial charge in [0.25, 0.3) is 0 Å². The molecule has 1 saturated heterocycles. The second-order valence-corrected chi connectivity index (χ2v) is 5.00. The van der Waals surface area contributed by atoms with Gasteiger partial charge >= 0.3 is 0 Å². The van der Waals surface area contributed by atoms with Crippen LogP contribution in [0.4, 0.5) is 4.39 Å². The normalized spacial score (nSPS) is 20.8. The predicted octanol–water partition coefficient (Wildman–Crippen LogP) is 3.13. The third kappa shape index (κ3) is 3.02. The fourth-order valence-corrected chi connectivity index (χ4v) is 2.27. The molecule has 1 aliphatic rings. The first-order valence-electron chi connectivity index (χ1n) is 5.40. The molecule has 0 bridgehead atoms. The highest BCUT2D eigenvalue weighted by atomic mass is 79.9. The van der Waals surface area contributed by atoms with Crippen LogP contribution in [0.15, 0.2) is 22.7 Å². The zero-order valence-electron chi connectivity index (χ0n) is 8.60. The van der Waals surface area contributed by atoms with Crippen LogP contribution in [0.25, 0.3) is 0 Å². The van der Waals surface area contributed by atoms with E-state index in [1.54, 1.807) is 12.1 Å². The van der Waals surface area contributed by atoms with Crippen LogP contribution in [0.5, 0.6) is 0 Å². The zero-order valence-corrected chi connectivity index (χ0v) is 10.2. The second-order valence-electron chi connectivity index (χ2n) is 4.15. The summed E-state index contributed by atoms with van der Waals surface area (Å²) in [6.07, 6.45) is 3.41. The molecule has 0 radical (unpaired) electrons. The van der Waals surface area contributed by atoms with Crippen LogP contribution < -0.4 is 5.32 Å². The van der Waals surface area contributed by atoms with Gasteiger partial charge in [-0.15, -0.1) is 0 Å². The third-order valence-electron chi connectivity index (χ3n) is 2.99. The lowest BCUT2D eigenvalue weighted by Gasteiger charge is -2.08. The average molecular weight is 272 g/mol. The number of rotatable bonds is 3. The summed E-state index contributed by atoms with van der Waals surface area (Å²) >= 11 is 3.16. The van der Waals surface area contributed by atoms with Crippen LogP contribution in [0, 0.1) is 11.7 Å². The first-order chi connectivity index (χ1) is 7.25. The molecule has 2 rings (SSSR count). The van der Waals surface area contributed by atoms with Crippen LogP contribution in [-0.2, 0) is 6.42 Å². The predicted molar refractivity (Wildman–Crippen MR) is 63.4 cm³/mol. The van der Waals surface area contributed by atoms with E-state index in [0.717, 1.165) is 37.4 Å². The molecule has 0 amide bonds. The molecule has 1 unspecified atom stereocenters. The van der Waals surface area contributed by atoms with Crippen molar-refractivity contribution < 1.29 is 4.39 Å². The molecule has 1 heterocycles. The van der Waals surface area contributed by atoms with Crippen molar-refractivity contribution in [2.45, 2.75) is 19.3 Å². The van der Waals surface area contributed by atoms with Gasteiger partial charge in [0.1, 0.15) is 5.82 Å². The van der Waals surface area contributed by atoms with Gasteiger partial charge in [-0.25, -0.2) is 4.39 Å². The summed E-state index contributed by atoms with van der Waals surface area (Å²) in [7, 11) is 0. The summed E-state index contributed by atoms with van der Waals surface area (Å²) in [6, 6.07) is 5.42. The van der Waals surface area contributed by atoms with Gasteiger partial charge in [0.05, 0.1) is 4.47 Å². The Balaban J connectivity index is 1.90. The number of benzene rings is 1. The first-order valence-corrected chi connectivity index (χ1v) is 6.19. The summed E-state index contributed by atoms with van der Waals surface area (Å²) in [5.74, 6) is 0.619. The molecule has 1 nitrogen and oxygen atoms in total. The summed E-state index contributed by atoms with van der Waals surface area (Å²) in [6.45, 7) is 2.26. The first kappa shape index (κ1) is 11.1. The van der Waals surface area contributed by atoms with Crippen molar-refractivity contribution in [1.29, 1.82) is 0 Å². The topological polar surface area (TPSA) is 12.0 Å². The van der Waals surface area contributed by atoms with Crippen molar-refractivity contribution in [2.24, 2.45) is 5.92 Å². The Morgan fingerprint density at radius 2 is 2.33 bits per heavy atom. The van der Waals surface area contributed by atoms with Crippen LogP contribution in [-0.4, -0.2) is 13.1 Å². The summed E-state index contributed by atoms with van der Waals surface area (Å²) in [5, 5.41) is 3.35. The molecule has 1 fully saturated rings. The van der Waals surface area contributed by atoms with Gasteiger partial charge in [-0.3, -0.25) is 0 Å². The molecule has 1 N–H and O–H groups in total. The fourth-order valence-electron chi connectivity index (χ4n) is 2.03. The van der Waals surface area contributed by atoms with Gasteiger partial charge in [-0.2, -0.15) is 0 Å². The smallest absolute Gasteiger partial charge is 0.137 e. The van der Waals surface area contributed by atoms with Gasteiger partial charge in [0.15, 0.2) is 0 Å². The van der Waals surface area contributed by atoms with E-state index >= 15 is 0 Å². The summed E-state index contributed by atoms with van der Waals surface area (Å²) in [4.78, 5) is 0. The Kier molecular flexibility index (Phi) is 3.76. The van der Waals surface area contributed by atoms with Gasteiger partial charge in [0, 0.05) is 0 Å². The fraction of sp³-hybridized carbons (Fsp3) is 0.500. The Morgan fingerprint density at radius 1 is 1.47 bits per heavy atom. The molecular weight excluding hydrogens is 257 g/mol. The molecule has 0 aromatic heterocycles. The minimum atomic E-state index is -0.156. The SMILES string of the molecule is Fc1cc(CCC2CCNC2)ccc1Br. The van der Waals surface area contributed by atoms with Crippen LogP contribution >= 0.6 is 15.9 Å². The number of hydrogen-bond acceptors (Lipinski definition) is 1. The van der Waals surface area contributed by atoms with E-state index in [0.29, 0.717) is 4.47 Å². The van der Waals surface area contributed by atoms with E-state index in [1.807, 2.05) is 6.07 Å². The van der Waals surface area contributed by atoms with E-state index in [2.05, 4.69) is 21.2 Å². The molecule has 1 aromatic carbocycles. The van der Waals surface area contributed by atoms with Crippen LogP contribution in [0.1, 0.15) is 18.4 Å². The molecule has 15 heavy (non-hydrogen) atoms. The van der Waals surface area contributed by atoms with E-state index in [9.17, 15) is 4.39 Å². The van der Waals surface area contributed by atoms with Crippen molar-refractivity contribution in [3.8, 4) is 0 Å². The number of nitrogens with one attached hydrogen (secondary N) is 1. The molecule has 82 valence electrons. The van der Waals surface area contributed by atoms with Crippen LogP contribution in [0.3, 0.4) is 0 Å². The Bertz CT molecular complexity index is 334. The lowest BCUT2D eigenvalue weighted by molar-refractivity contribution is 0.531. The van der Waals surface area contributed by atoms with Crippen molar-refractivity contribution in [3.63, 3.8) is 0 Å². The van der Waals surface area contributed by atoms with Gasteiger partial charge in [-0.05, 0) is 71.9 Å². The minimum Gasteiger partial charge on any atom is -0.316 e. The molecule has 0 spiro atoms. The van der Waals surface area contributed by atoms with Gasteiger partial charge in [-0.1, -0.05) is 6.07 Å². The number of aryl methyl sites for hydroxylation is 1. The average Bonchev–Trinajstić information content (AvgIpc) is 2.73. The van der Waals surface area contributed by atoms with Crippen molar-refractivity contribution >= 4 is 15.9 Å². The maximum absolute atomic E-state index is 13.2. The maximum atomic E-state index is 13.2. The summed E-state index contributed by atoms with van der Waals surface area (Å²) in [5.41, 5.74) is 1.10. The van der Waals surface area contributed by atoms with Gasteiger partial charge < -0.3 is 5.32 Å². The highest BCUT2D eigenvalue weighted by Crippen LogP contribution is 2.20. The van der Waals surface area contributed by atoms with E-state index in [-0.39, 0.29) is 5.82 Å². The number of hydrogen-bond donors (Lipinski definition) is 1. The Labute approximate surface area is 98.2 Å². The standard InChI is InChI=1S/C12H15BrFN/c13-11-4-3-9(7-12(11)14)1-2-10-5-6-15-8-10/h3-4,7,10,15H,1-2,5-6,8H2. The molecule has 1 atom stereocenters. The number of halogens is 2. The highest BCUT2D eigenvalue weighted by molar-refractivity contribution is 9.10. The minimum absolute atomic E-state index is 0.156. The molecule has 1 aromatic rings. The van der Waals surface area contributed by atoms with Crippen molar-refractivity contribution in [3.05, 3.63) is 34.1 Å². The molecule has 0 aliphatic carbocycles.